The molecule has 0 spiro atoms. The van der Waals surface area contributed by atoms with Crippen molar-refractivity contribution in [2.45, 2.75) is 13.3 Å². The van der Waals surface area contributed by atoms with Crippen LogP contribution in [-0.2, 0) is 0 Å². The van der Waals surface area contributed by atoms with E-state index in [1.165, 1.54) is 12.1 Å². The summed E-state index contributed by atoms with van der Waals surface area (Å²) in [7, 11) is 0. The molecule has 1 saturated carbocycles. The molecule has 6 heteroatoms. The van der Waals surface area contributed by atoms with Crippen molar-refractivity contribution in [3.8, 4) is 0 Å². The van der Waals surface area contributed by atoms with Crippen LogP contribution in [0.2, 0.25) is 0 Å². The minimum atomic E-state index is -1.03. The average Bonchev–Trinajstić information content (AvgIpc) is 3.02. The average molecular weight is 327 g/mol. The fraction of sp³-hybridized carbons (Fsp3) is 0.385. The molecule has 0 aromatic heterocycles. The smallest absolute Gasteiger partial charge is 0.335 e. The van der Waals surface area contributed by atoms with Crippen molar-refractivity contribution in [1.82, 2.24) is 5.32 Å². The van der Waals surface area contributed by atoms with Crippen LogP contribution in [0.4, 0.5) is 10.5 Å². The highest BCUT2D eigenvalue weighted by molar-refractivity contribution is 9.10. The highest BCUT2D eigenvalue weighted by Crippen LogP contribution is 2.36. The Labute approximate surface area is 119 Å². The summed E-state index contributed by atoms with van der Waals surface area (Å²) >= 11 is 3.22. The summed E-state index contributed by atoms with van der Waals surface area (Å²) in [5.74, 6) is 0.226. The summed E-state index contributed by atoms with van der Waals surface area (Å²) in [6.07, 6.45) is 1.15. The lowest BCUT2D eigenvalue weighted by Crippen LogP contribution is -2.30. The van der Waals surface area contributed by atoms with Crippen LogP contribution in [0.25, 0.3) is 0 Å². The molecule has 102 valence electrons. The topological polar surface area (TPSA) is 78.4 Å². The zero-order chi connectivity index (χ0) is 14.0. The highest BCUT2D eigenvalue weighted by Gasteiger charge is 2.32. The molecular formula is C13H15BrN2O3. The summed E-state index contributed by atoms with van der Waals surface area (Å²) in [5, 5.41) is 14.3. The first kappa shape index (κ1) is 13.9. The third-order valence-electron chi connectivity index (χ3n) is 3.20. The van der Waals surface area contributed by atoms with Crippen LogP contribution in [-0.4, -0.2) is 23.7 Å². The number of benzene rings is 1. The number of aromatic carboxylic acids is 1. The predicted octanol–water partition coefficient (Wildman–Crippen LogP) is 2.92. The highest BCUT2D eigenvalue weighted by atomic mass is 79.9. The third kappa shape index (κ3) is 3.96. The Morgan fingerprint density at radius 2 is 2.11 bits per heavy atom. The number of carboxylic acid groups (broad SMARTS) is 1. The Hall–Kier alpha value is -1.56. The van der Waals surface area contributed by atoms with Gasteiger partial charge in [-0.3, -0.25) is 0 Å². The fourth-order valence-electron chi connectivity index (χ4n) is 1.87. The molecule has 19 heavy (non-hydrogen) atoms. The molecule has 0 radical (unpaired) electrons. The van der Waals surface area contributed by atoms with Gasteiger partial charge in [-0.2, -0.15) is 0 Å². The normalized spacial score (nSPS) is 20.7. The van der Waals surface area contributed by atoms with Crippen molar-refractivity contribution >= 4 is 33.6 Å². The van der Waals surface area contributed by atoms with E-state index in [-0.39, 0.29) is 11.6 Å². The number of urea groups is 1. The quantitative estimate of drug-likeness (QED) is 0.796. The Morgan fingerprint density at radius 1 is 1.42 bits per heavy atom. The number of hydrogen-bond donors (Lipinski definition) is 3. The maximum Gasteiger partial charge on any atom is 0.335 e. The molecule has 3 N–H and O–H groups in total. The Kier molecular flexibility index (Phi) is 4.09. The molecule has 0 bridgehead atoms. The number of nitrogens with one attached hydrogen (secondary N) is 2. The molecule has 1 fully saturated rings. The van der Waals surface area contributed by atoms with Crippen molar-refractivity contribution in [2.75, 3.05) is 11.9 Å². The van der Waals surface area contributed by atoms with Crippen molar-refractivity contribution in [1.29, 1.82) is 0 Å². The molecular weight excluding hydrogens is 312 g/mol. The van der Waals surface area contributed by atoms with Gasteiger partial charge < -0.3 is 15.7 Å². The van der Waals surface area contributed by atoms with E-state index in [1.54, 1.807) is 6.07 Å². The van der Waals surface area contributed by atoms with Gasteiger partial charge in [-0.15, -0.1) is 0 Å². The lowest BCUT2D eigenvalue weighted by molar-refractivity contribution is 0.0697. The number of halogens is 1. The summed E-state index contributed by atoms with van der Waals surface area (Å²) in [5.41, 5.74) is 0.577. The van der Waals surface area contributed by atoms with E-state index in [4.69, 9.17) is 5.11 Å². The number of carbonyl (C=O) groups excluding carboxylic acids is 1. The zero-order valence-electron chi connectivity index (χ0n) is 10.4. The van der Waals surface area contributed by atoms with E-state index in [0.717, 1.165) is 6.42 Å². The first-order valence-electron chi connectivity index (χ1n) is 6.04. The van der Waals surface area contributed by atoms with Gasteiger partial charge in [-0.1, -0.05) is 22.9 Å². The van der Waals surface area contributed by atoms with E-state index >= 15 is 0 Å². The standard InChI is InChI=1S/C13H15BrN2O3/c1-7-2-9(7)6-15-13(19)16-11-4-8(12(17)18)3-10(14)5-11/h3-5,7,9H,2,6H2,1H3,(H,17,18)(H2,15,16,19). The van der Waals surface area contributed by atoms with Crippen LogP contribution < -0.4 is 10.6 Å². The molecule has 1 aliphatic carbocycles. The van der Waals surface area contributed by atoms with Crippen LogP contribution in [0.5, 0.6) is 0 Å². The third-order valence-corrected chi connectivity index (χ3v) is 3.66. The monoisotopic (exact) mass is 326 g/mol. The predicted molar refractivity (Wildman–Crippen MR) is 75.4 cm³/mol. The Morgan fingerprint density at radius 3 is 2.68 bits per heavy atom. The van der Waals surface area contributed by atoms with Crippen LogP contribution in [0.3, 0.4) is 0 Å². The molecule has 2 atom stereocenters. The minimum Gasteiger partial charge on any atom is -0.478 e. The van der Waals surface area contributed by atoms with E-state index < -0.39 is 5.97 Å². The van der Waals surface area contributed by atoms with E-state index in [2.05, 4.69) is 33.5 Å². The van der Waals surface area contributed by atoms with E-state index in [9.17, 15) is 9.59 Å². The molecule has 0 saturated heterocycles. The molecule has 2 rings (SSSR count). The van der Waals surface area contributed by atoms with Gasteiger partial charge in [0.05, 0.1) is 5.56 Å². The first-order chi connectivity index (χ1) is 8.95. The molecule has 1 aromatic rings. The van der Waals surface area contributed by atoms with Gasteiger partial charge in [0.25, 0.3) is 0 Å². The van der Waals surface area contributed by atoms with Crippen LogP contribution in [0.15, 0.2) is 22.7 Å². The van der Waals surface area contributed by atoms with Crippen molar-refractivity contribution < 1.29 is 14.7 Å². The number of carbonyl (C=O) groups is 2. The maximum atomic E-state index is 11.7. The minimum absolute atomic E-state index is 0.125. The second-order valence-electron chi connectivity index (χ2n) is 4.84. The molecule has 0 aliphatic heterocycles. The number of hydrogen-bond acceptors (Lipinski definition) is 2. The van der Waals surface area contributed by atoms with Crippen molar-refractivity contribution in [3.63, 3.8) is 0 Å². The Bertz CT molecular complexity index is 519. The zero-order valence-corrected chi connectivity index (χ0v) is 12.0. The summed E-state index contributed by atoms with van der Waals surface area (Å²) in [6, 6.07) is 4.25. The van der Waals surface area contributed by atoms with Crippen LogP contribution >= 0.6 is 15.9 Å². The van der Waals surface area contributed by atoms with Gasteiger partial charge >= 0.3 is 12.0 Å². The number of carboxylic acids is 1. The number of rotatable bonds is 4. The molecule has 2 amide bonds. The van der Waals surface area contributed by atoms with Crippen molar-refractivity contribution in [2.24, 2.45) is 11.8 Å². The molecule has 2 unspecified atom stereocenters. The second kappa shape index (κ2) is 5.61. The van der Waals surface area contributed by atoms with Gasteiger partial charge in [-0.25, -0.2) is 9.59 Å². The lowest BCUT2D eigenvalue weighted by atomic mass is 10.2. The van der Waals surface area contributed by atoms with Gasteiger partial charge in [0.15, 0.2) is 0 Å². The molecule has 0 heterocycles. The number of anilines is 1. The molecule has 5 nitrogen and oxygen atoms in total. The van der Waals surface area contributed by atoms with Gasteiger partial charge in [0.1, 0.15) is 0 Å². The SMILES string of the molecule is CC1CC1CNC(=O)Nc1cc(Br)cc(C(=O)O)c1. The molecule has 1 aromatic carbocycles. The number of amides is 2. The molecule has 1 aliphatic rings. The van der Waals surface area contributed by atoms with E-state index in [1.807, 2.05) is 0 Å². The van der Waals surface area contributed by atoms with Gasteiger partial charge in [-0.05, 0) is 36.5 Å². The fourth-order valence-corrected chi connectivity index (χ4v) is 2.36. The Balaban J connectivity index is 1.94. The van der Waals surface area contributed by atoms with Crippen LogP contribution in [0.1, 0.15) is 23.7 Å². The first-order valence-corrected chi connectivity index (χ1v) is 6.83. The largest absolute Gasteiger partial charge is 0.478 e. The summed E-state index contributed by atoms with van der Waals surface area (Å²) < 4.78 is 0.610. The van der Waals surface area contributed by atoms with Crippen molar-refractivity contribution in [3.05, 3.63) is 28.2 Å². The summed E-state index contributed by atoms with van der Waals surface area (Å²) in [4.78, 5) is 22.6. The van der Waals surface area contributed by atoms with E-state index in [0.29, 0.717) is 28.5 Å². The lowest BCUT2D eigenvalue weighted by Gasteiger charge is -2.08. The summed E-state index contributed by atoms with van der Waals surface area (Å²) in [6.45, 7) is 2.81. The maximum absolute atomic E-state index is 11.7. The van der Waals surface area contributed by atoms with Gasteiger partial charge in [0, 0.05) is 16.7 Å². The van der Waals surface area contributed by atoms with Crippen LogP contribution in [0, 0.1) is 11.8 Å². The second-order valence-corrected chi connectivity index (χ2v) is 5.76. The van der Waals surface area contributed by atoms with Gasteiger partial charge in [0.2, 0.25) is 0 Å².